The average Bonchev–Trinajstić information content (AvgIpc) is 1.57. The third-order valence-electron chi connectivity index (χ3n) is 18.7. The molecule has 0 N–H and O–H groups in total. The maximum Gasteiger partial charge on any atom is 0.164 e. The quantitative estimate of drug-likeness (QED) is 0.120. The van der Waals surface area contributed by atoms with Gasteiger partial charge in [0.15, 0.2) is 17.5 Å². The predicted molar refractivity (Wildman–Crippen MR) is 397 cm³/mol. The van der Waals surface area contributed by atoms with Crippen LogP contribution >= 0.6 is 0 Å². The number of benzene rings is 14. The van der Waals surface area contributed by atoms with E-state index in [1.54, 1.807) is 6.07 Å². The highest BCUT2D eigenvalue weighted by Crippen LogP contribution is 2.44. The first kappa shape index (κ1) is 58.0. The second-order valence-corrected chi connectivity index (χ2v) is 24.4. The fraction of sp³-hybridized carbons (Fsp3) is 0. The molecule has 0 spiro atoms. The van der Waals surface area contributed by atoms with Gasteiger partial charge in [-0.1, -0.05) is 231 Å². The standard InChI is InChI=1S/C90H54N8/c91-55-58-18-17-29-65(48-58)63-32-34-64(35-33-63)88-94-89(82-53-72(40-42-76(82)74-30-15-13-27-70(74)56-92)97-84-44-36-66(59-19-5-1-6-20-59)49-78(84)79-50-67(37-45-85(79)97)60-21-7-2-8-22-60)96-90(95-88)83-54-73(41-43-77(83)75-31-16-14-28-71(75)57-93)98-86-46-38-68(61-23-9-3-10-24-61)51-80(86)81-52-69(39-47-87(81)98)62-25-11-4-12-26-62/h1-54H. The van der Waals surface area contributed by atoms with Crippen molar-refractivity contribution in [3.8, 4) is 142 Å². The lowest BCUT2D eigenvalue weighted by molar-refractivity contribution is 1.07. The molecule has 0 atom stereocenters. The van der Waals surface area contributed by atoms with Crippen LogP contribution in [0.3, 0.4) is 0 Å². The highest BCUT2D eigenvalue weighted by atomic mass is 15.0. The zero-order valence-corrected chi connectivity index (χ0v) is 52.8. The summed E-state index contributed by atoms with van der Waals surface area (Å²) in [7, 11) is 0. The molecule has 0 aliphatic rings. The molecule has 8 heteroatoms. The molecule has 3 aromatic heterocycles. The monoisotopic (exact) mass is 1250 g/mol. The summed E-state index contributed by atoms with van der Waals surface area (Å²) >= 11 is 0. The van der Waals surface area contributed by atoms with Gasteiger partial charge in [0.05, 0.1) is 57.0 Å². The molecule has 98 heavy (non-hydrogen) atoms. The van der Waals surface area contributed by atoms with Crippen molar-refractivity contribution in [1.29, 1.82) is 15.8 Å². The zero-order valence-electron chi connectivity index (χ0n) is 52.8. The van der Waals surface area contributed by atoms with Crippen LogP contribution in [0.15, 0.2) is 328 Å². The van der Waals surface area contributed by atoms with E-state index in [4.69, 9.17) is 15.0 Å². The topological polar surface area (TPSA) is 120 Å². The SMILES string of the molecule is N#Cc1cccc(-c2ccc(-c3nc(-c4cc(-n5c6ccc(-c7ccccc7)cc6c6cc(-c7ccccc7)ccc65)ccc4-c4ccccc4C#N)nc(-c4cc(-n5c6ccc(-c7ccccc7)cc6c6cc(-c7ccccc7)ccc65)ccc4-c4ccccc4C#N)n3)cc2)c1. The second-order valence-electron chi connectivity index (χ2n) is 24.4. The van der Waals surface area contributed by atoms with Gasteiger partial charge in [0.1, 0.15) is 0 Å². The van der Waals surface area contributed by atoms with Crippen molar-refractivity contribution in [2.75, 3.05) is 0 Å². The third kappa shape index (κ3) is 10.4. The van der Waals surface area contributed by atoms with Gasteiger partial charge in [0, 0.05) is 60.7 Å². The molecule has 14 aromatic carbocycles. The van der Waals surface area contributed by atoms with E-state index < -0.39 is 0 Å². The van der Waals surface area contributed by atoms with Crippen molar-refractivity contribution in [1.82, 2.24) is 24.1 Å². The van der Waals surface area contributed by atoms with Crippen molar-refractivity contribution in [2.45, 2.75) is 0 Å². The Morgan fingerprint density at radius 2 is 0.531 bits per heavy atom. The van der Waals surface area contributed by atoms with E-state index in [9.17, 15) is 15.8 Å². The average molecular weight is 1250 g/mol. The molecule has 0 amide bonds. The van der Waals surface area contributed by atoms with Crippen molar-refractivity contribution in [2.24, 2.45) is 0 Å². The summed E-state index contributed by atoms with van der Waals surface area (Å²) in [6.45, 7) is 0. The third-order valence-corrected chi connectivity index (χ3v) is 18.7. The van der Waals surface area contributed by atoms with E-state index >= 15 is 0 Å². The van der Waals surface area contributed by atoms with E-state index in [0.29, 0.717) is 56.4 Å². The number of hydrogen-bond acceptors (Lipinski definition) is 6. The van der Waals surface area contributed by atoms with Gasteiger partial charge in [0.25, 0.3) is 0 Å². The molecule has 0 bridgehead atoms. The second kappa shape index (κ2) is 24.6. The lowest BCUT2D eigenvalue weighted by Crippen LogP contribution is -2.04. The van der Waals surface area contributed by atoms with Gasteiger partial charge in [-0.05, 0) is 164 Å². The van der Waals surface area contributed by atoms with Crippen molar-refractivity contribution in [3.05, 3.63) is 344 Å². The Balaban J connectivity index is 0.935. The minimum atomic E-state index is 0.363. The minimum Gasteiger partial charge on any atom is -0.309 e. The normalized spacial score (nSPS) is 11.2. The molecular formula is C90H54N8. The lowest BCUT2D eigenvalue weighted by Gasteiger charge is -2.18. The van der Waals surface area contributed by atoms with Gasteiger partial charge < -0.3 is 9.13 Å². The summed E-state index contributed by atoms with van der Waals surface area (Å²) in [5.74, 6) is 1.12. The number of nitrogens with zero attached hydrogens (tertiary/aromatic N) is 8. The van der Waals surface area contributed by atoms with E-state index in [1.807, 2.05) is 115 Å². The van der Waals surface area contributed by atoms with Crippen molar-refractivity contribution >= 4 is 43.6 Å². The van der Waals surface area contributed by atoms with Gasteiger partial charge in [-0.3, -0.25) is 0 Å². The van der Waals surface area contributed by atoms with Crippen LogP contribution in [-0.2, 0) is 0 Å². The number of aromatic nitrogens is 5. The Morgan fingerprint density at radius 3 is 0.908 bits per heavy atom. The Bertz CT molecular complexity index is 5610. The molecule has 454 valence electrons. The zero-order chi connectivity index (χ0) is 65.6. The Hall–Kier alpha value is -13.8. The maximum absolute atomic E-state index is 10.9. The predicted octanol–water partition coefficient (Wildman–Crippen LogP) is 22.4. The van der Waals surface area contributed by atoms with Crippen molar-refractivity contribution in [3.63, 3.8) is 0 Å². The largest absolute Gasteiger partial charge is 0.309 e. The van der Waals surface area contributed by atoms with Gasteiger partial charge in [0.2, 0.25) is 0 Å². The Labute approximate surface area is 566 Å². The first-order valence-electron chi connectivity index (χ1n) is 32.5. The lowest BCUT2D eigenvalue weighted by atomic mass is 9.93. The van der Waals surface area contributed by atoms with Crippen LogP contribution in [0.1, 0.15) is 16.7 Å². The van der Waals surface area contributed by atoms with E-state index in [0.717, 1.165) is 127 Å². The van der Waals surface area contributed by atoms with Crippen LogP contribution in [0, 0.1) is 34.0 Å². The fourth-order valence-corrected chi connectivity index (χ4v) is 14.0. The highest BCUT2D eigenvalue weighted by Gasteiger charge is 2.25. The Morgan fingerprint density at radius 1 is 0.214 bits per heavy atom. The molecule has 17 aromatic rings. The van der Waals surface area contributed by atoms with E-state index in [-0.39, 0.29) is 0 Å². The smallest absolute Gasteiger partial charge is 0.164 e. The molecule has 0 aliphatic heterocycles. The van der Waals surface area contributed by atoms with E-state index in [2.05, 4.69) is 234 Å². The summed E-state index contributed by atoms with van der Waals surface area (Å²) < 4.78 is 4.64. The van der Waals surface area contributed by atoms with Gasteiger partial charge >= 0.3 is 0 Å². The molecule has 0 saturated heterocycles. The molecule has 0 aliphatic carbocycles. The molecule has 0 saturated carbocycles. The summed E-state index contributed by atoms with van der Waals surface area (Å²) in [5.41, 5.74) is 23.0. The molecule has 3 heterocycles. The van der Waals surface area contributed by atoms with Crippen LogP contribution in [0.2, 0.25) is 0 Å². The molecular weight excluding hydrogens is 1190 g/mol. The summed E-state index contributed by atoms with van der Waals surface area (Å²) in [6.07, 6.45) is 0. The minimum absolute atomic E-state index is 0.363. The molecule has 17 rings (SSSR count). The van der Waals surface area contributed by atoms with Crippen molar-refractivity contribution < 1.29 is 0 Å². The van der Waals surface area contributed by atoms with Crippen LogP contribution in [0.25, 0.3) is 167 Å². The number of hydrogen-bond donors (Lipinski definition) is 0. The highest BCUT2D eigenvalue weighted by molar-refractivity contribution is 6.13. The summed E-state index contributed by atoms with van der Waals surface area (Å²) in [5, 5.41) is 36.1. The molecule has 0 radical (unpaired) electrons. The first-order chi connectivity index (χ1) is 48.4. The first-order valence-corrected chi connectivity index (χ1v) is 32.5. The number of fused-ring (bicyclic) bond motifs is 6. The van der Waals surface area contributed by atoms with Crippen LogP contribution in [0.5, 0.6) is 0 Å². The summed E-state index contributed by atoms with van der Waals surface area (Å²) in [4.78, 5) is 16.8. The number of rotatable bonds is 12. The maximum atomic E-state index is 10.9. The van der Waals surface area contributed by atoms with Gasteiger partial charge in [-0.2, -0.15) is 15.8 Å². The molecule has 0 unspecified atom stereocenters. The van der Waals surface area contributed by atoms with E-state index in [1.165, 1.54) is 0 Å². The number of nitriles is 3. The van der Waals surface area contributed by atoms with Crippen LogP contribution in [-0.4, -0.2) is 24.1 Å². The van der Waals surface area contributed by atoms with Crippen LogP contribution in [0.4, 0.5) is 0 Å². The summed E-state index contributed by atoms with van der Waals surface area (Å²) in [6, 6.07) is 120. The van der Waals surface area contributed by atoms with Gasteiger partial charge in [-0.25, -0.2) is 15.0 Å². The molecule has 8 nitrogen and oxygen atoms in total. The Kier molecular flexibility index (Phi) is 14.5. The molecule has 0 fully saturated rings. The van der Waals surface area contributed by atoms with Crippen LogP contribution < -0.4 is 0 Å². The fourth-order valence-electron chi connectivity index (χ4n) is 14.0. The van der Waals surface area contributed by atoms with Gasteiger partial charge in [-0.15, -0.1) is 0 Å².